The SMILES string of the molecule is CC(=O)N1CCN(c2ccc([C@H](C)O)cn2)CC1. The van der Waals surface area contributed by atoms with E-state index in [1.54, 1.807) is 20.0 Å². The van der Waals surface area contributed by atoms with Gasteiger partial charge in [0, 0.05) is 39.3 Å². The van der Waals surface area contributed by atoms with E-state index in [0.29, 0.717) is 0 Å². The van der Waals surface area contributed by atoms with Crippen LogP contribution in [0.4, 0.5) is 5.82 Å². The van der Waals surface area contributed by atoms with Crippen LogP contribution in [0.3, 0.4) is 0 Å². The van der Waals surface area contributed by atoms with Gasteiger partial charge in [-0.1, -0.05) is 6.07 Å². The van der Waals surface area contributed by atoms with Gasteiger partial charge in [-0.05, 0) is 18.6 Å². The summed E-state index contributed by atoms with van der Waals surface area (Å²) in [6, 6.07) is 3.82. The number of carbonyl (C=O) groups excluding carboxylic acids is 1. The number of carbonyl (C=O) groups is 1. The fourth-order valence-corrected chi connectivity index (χ4v) is 2.08. The first-order chi connectivity index (χ1) is 8.58. The Morgan fingerprint density at radius 1 is 1.33 bits per heavy atom. The van der Waals surface area contributed by atoms with Gasteiger partial charge in [0.05, 0.1) is 6.10 Å². The molecule has 1 N–H and O–H groups in total. The van der Waals surface area contributed by atoms with Gasteiger partial charge in [0.25, 0.3) is 0 Å². The van der Waals surface area contributed by atoms with Crippen LogP contribution in [0.1, 0.15) is 25.5 Å². The molecule has 98 valence electrons. The summed E-state index contributed by atoms with van der Waals surface area (Å²) in [6.07, 6.45) is 1.22. The van der Waals surface area contributed by atoms with E-state index in [-0.39, 0.29) is 5.91 Å². The van der Waals surface area contributed by atoms with Crippen molar-refractivity contribution in [2.24, 2.45) is 0 Å². The Balaban J connectivity index is 1.99. The zero-order chi connectivity index (χ0) is 13.1. The third-order valence-electron chi connectivity index (χ3n) is 3.30. The smallest absolute Gasteiger partial charge is 0.219 e. The first-order valence-corrected chi connectivity index (χ1v) is 6.22. The van der Waals surface area contributed by atoms with Crippen LogP contribution >= 0.6 is 0 Å². The number of pyridine rings is 1. The van der Waals surface area contributed by atoms with Crippen molar-refractivity contribution in [1.29, 1.82) is 0 Å². The van der Waals surface area contributed by atoms with Gasteiger partial charge in [-0.3, -0.25) is 4.79 Å². The zero-order valence-corrected chi connectivity index (χ0v) is 10.8. The summed E-state index contributed by atoms with van der Waals surface area (Å²) in [4.78, 5) is 19.6. The van der Waals surface area contributed by atoms with Crippen molar-refractivity contribution in [3.8, 4) is 0 Å². The summed E-state index contributed by atoms with van der Waals surface area (Å²) >= 11 is 0. The number of hydrogen-bond acceptors (Lipinski definition) is 4. The van der Waals surface area contributed by atoms with Gasteiger partial charge in [0.1, 0.15) is 5.82 Å². The third kappa shape index (κ3) is 2.79. The average Bonchev–Trinajstić information content (AvgIpc) is 2.39. The van der Waals surface area contributed by atoms with E-state index < -0.39 is 6.10 Å². The standard InChI is InChI=1S/C13H19N3O2/c1-10(17)12-3-4-13(14-9-12)16-7-5-15(6-8-16)11(2)18/h3-4,9-10,17H,5-8H2,1-2H3/t10-/m0/s1. The minimum atomic E-state index is -0.485. The predicted octanol–water partition coefficient (Wildman–Crippen LogP) is 0.803. The molecule has 1 aromatic rings. The molecule has 1 aromatic heterocycles. The van der Waals surface area contributed by atoms with Gasteiger partial charge < -0.3 is 14.9 Å². The van der Waals surface area contributed by atoms with Crippen molar-refractivity contribution in [3.05, 3.63) is 23.9 Å². The molecule has 18 heavy (non-hydrogen) atoms. The Labute approximate surface area is 107 Å². The van der Waals surface area contributed by atoms with Gasteiger partial charge in [-0.25, -0.2) is 4.98 Å². The maximum absolute atomic E-state index is 11.2. The largest absolute Gasteiger partial charge is 0.389 e. The van der Waals surface area contributed by atoms with E-state index >= 15 is 0 Å². The van der Waals surface area contributed by atoms with E-state index in [0.717, 1.165) is 37.6 Å². The lowest BCUT2D eigenvalue weighted by molar-refractivity contribution is -0.129. The van der Waals surface area contributed by atoms with Crippen molar-refractivity contribution in [1.82, 2.24) is 9.88 Å². The molecular formula is C13H19N3O2. The minimum Gasteiger partial charge on any atom is -0.389 e. The fraction of sp³-hybridized carbons (Fsp3) is 0.538. The second kappa shape index (κ2) is 5.35. The zero-order valence-electron chi connectivity index (χ0n) is 10.8. The van der Waals surface area contributed by atoms with Crippen LogP contribution in [-0.4, -0.2) is 47.1 Å². The molecule has 0 spiro atoms. The van der Waals surface area contributed by atoms with E-state index in [1.165, 1.54) is 0 Å². The predicted molar refractivity (Wildman–Crippen MR) is 69.3 cm³/mol. The maximum Gasteiger partial charge on any atom is 0.219 e. The highest BCUT2D eigenvalue weighted by atomic mass is 16.3. The van der Waals surface area contributed by atoms with Gasteiger partial charge in [-0.15, -0.1) is 0 Å². The van der Waals surface area contributed by atoms with E-state index in [1.807, 2.05) is 17.0 Å². The molecule has 1 saturated heterocycles. The molecule has 5 nitrogen and oxygen atoms in total. The summed E-state index contributed by atoms with van der Waals surface area (Å²) in [5, 5.41) is 9.42. The lowest BCUT2D eigenvalue weighted by atomic mass is 10.2. The van der Waals surface area contributed by atoms with Gasteiger partial charge >= 0.3 is 0 Å². The van der Waals surface area contributed by atoms with Crippen LogP contribution in [0.5, 0.6) is 0 Å². The normalized spacial score (nSPS) is 17.7. The summed E-state index contributed by atoms with van der Waals surface area (Å²) in [5.74, 6) is 1.04. The summed E-state index contributed by atoms with van der Waals surface area (Å²) in [6.45, 7) is 6.43. The van der Waals surface area contributed by atoms with E-state index in [2.05, 4.69) is 9.88 Å². The molecule has 0 bridgehead atoms. The van der Waals surface area contributed by atoms with Gasteiger partial charge in [0.15, 0.2) is 0 Å². The number of aromatic nitrogens is 1. The van der Waals surface area contributed by atoms with Crippen molar-refractivity contribution < 1.29 is 9.90 Å². The van der Waals surface area contributed by atoms with Crippen molar-refractivity contribution in [3.63, 3.8) is 0 Å². The Morgan fingerprint density at radius 3 is 2.44 bits per heavy atom. The van der Waals surface area contributed by atoms with Crippen LogP contribution in [0.2, 0.25) is 0 Å². The highest BCUT2D eigenvalue weighted by Crippen LogP contribution is 2.17. The Morgan fingerprint density at radius 2 is 2.00 bits per heavy atom. The number of anilines is 1. The molecule has 0 saturated carbocycles. The Hall–Kier alpha value is -1.62. The molecule has 1 aliphatic heterocycles. The van der Waals surface area contributed by atoms with E-state index in [4.69, 9.17) is 0 Å². The molecular weight excluding hydrogens is 230 g/mol. The maximum atomic E-state index is 11.2. The minimum absolute atomic E-state index is 0.132. The van der Waals surface area contributed by atoms with Crippen LogP contribution in [0.15, 0.2) is 18.3 Å². The summed E-state index contributed by atoms with van der Waals surface area (Å²) in [7, 11) is 0. The van der Waals surface area contributed by atoms with Crippen LogP contribution in [-0.2, 0) is 4.79 Å². The van der Waals surface area contributed by atoms with Crippen LogP contribution < -0.4 is 4.90 Å². The van der Waals surface area contributed by atoms with Crippen molar-refractivity contribution in [2.45, 2.75) is 20.0 Å². The molecule has 5 heteroatoms. The van der Waals surface area contributed by atoms with Crippen LogP contribution in [0.25, 0.3) is 0 Å². The molecule has 2 rings (SSSR count). The highest BCUT2D eigenvalue weighted by Gasteiger charge is 2.19. The summed E-state index contributed by atoms with van der Waals surface area (Å²) in [5.41, 5.74) is 0.820. The molecule has 1 aliphatic rings. The monoisotopic (exact) mass is 249 g/mol. The van der Waals surface area contributed by atoms with Gasteiger partial charge in [-0.2, -0.15) is 0 Å². The number of amides is 1. The van der Waals surface area contributed by atoms with Crippen molar-refractivity contribution in [2.75, 3.05) is 31.1 Å². The van der Waals surface area contributed by atoms with Gasteiger partial charge in [0.2, 0.25) is 5.91 Å². The number of hydrogen-bond donors (Lipinski definition) is 1. The molecule has 0 aliphatic carbocycles. The molecule has 0 aromatic carbocycles. The van der Waals surface area contributed by atoms with E-state index in [9.17, 15) is 9.90 Å². The molecule has 0 unspecified atom stereocenters. The lowest BCUT2D eigenvalue weighted by Crippen LogP contribution is -2.48. The molecule has 0 radical (unpaired) electrons. The third-order valence-corrected chi connectivity index (χ3v) is 3.30. The Bertz CT molecular complexity index is 409. The number of piperazine rings is 1. The van der Waals surface area contributed by atoms with Crippen molar-refractivity contribution >= 4 is 11.7 Å². The first-order valence-electron chi connectivity index (χ1n) is 6.22. The number of aliphatic hydroxyl groups is 1. The number of aliphatic hydroxyl groups excluding tert-OH is 1. The number of rotatable bonds is 2. The second-order valence-corrected chi connectivity index (χ2v) is 4.62. The fourth-order valence-electron chi connectivity index (χ4n) is 2.08. The Kier molecular flexibility index (Phi) is 3.81. The second-order valence-electron chi connectivity index (χ2n) is 4.62. The average molecular weight is 249 g/mol. The van der Waals surface area contributed by atoms with Crippen LogP contribution in [0, 0.1) is 0 Å². The highest BCUT2D eigenvalue weighted by molar-refractivity contribution is 5.73. The molecule has 2 heterocycles. The quantitative estimate of drug-likeness (QED) is 0.842. The molecule has 1 atom stereocenters. The first kappa shape index (κ1) is 12.8. The summed E-state index contributed by atoms with van der Waals surface area (Å²) < 4.78 is 0. The molecule has 1 amide bonds. The topological polar surface area (TPSA) is 56.7 Å². The number of nitrogens with zero attached hydrogens (tertiary/aromatic N) is 3. The molecule has 1 fully saturated rings. The lowest BCUT2D eigenvalue weighted by Gasteiger charge is -2.34.